The average Bonchev–Trinajstić information content (AvgIpc) is 2.84. The van der Waals surface area contributed by atoms with Crippen molar-refractivity contribution in [3.05, 3.63) is 23.5 Å². The molecule has 0 spiro atoms. The van der Waals surface area contributed by atoms with Crippen molar-refractivity contribution in [2.45, 2.75) is 37.0 Å². The minimum atomic E-state index is -4.67. The molecule has 0 aliphatic carbocycles. The van der Waals surface area contributed by atoms with E-state index in [0.717, 1.165) is 17.0 Å². The largest absolute Gasteiger partial charge is 0.611 e. The van der Waals surface area contributed by atoms with Crippen molar-refractivity contribution in [1.29, 1.82) is 0 Å². The zero-order chi connectivity index (χ0) is 19.7. The number of halogens is 7. The maximum absolute atomic E-state index is 14.1. The van der Waals surface area contributed by atoms with Crippen LogP contribution in [0, 0.1) is 12.7 Å². The first kappa shape index (κ1) is 20.8. The minimum Gasteiger partial charge on any atom is -0.611 e. The molecule has 1 aromatic carbocycles. The van der Waals surface area contributed by atoms with Gasteiger partial charge in [0.15, 0.2) is 4.90 Å². The second-order valence-electron chi connectivity index (χ2n) is 5.84. The molecule has 1 heterocycles. The van der Waals surface area contributed by atoms with Crippen LogP contribution in [0.25, 0.3) is 0 Å². The Hall–Kier alpha value is -1.49. The summed E-state index contributed by atoms with van der Waals surface area (Å²) >= 11 is -2.47. The third-order valence-corrected chi connectivity index (χ3v) is 5.12. The van der Waals surface area contributed by atoms with Gasteiger partial charge >= 0.3 is 12.4 Å². The van der Waals surface area contributed by atoms with Crippen LogP contribution in [-0.4, -0.2) is 46.5 Å². The Kier molecular flexibility index (Phi) is 6.11. The molecule has 11 heteroatoms. The van der Waals surface area contributed by atoms with E-state index >= 15 is 0 Å². The van der Waals surface area contributed by atoms with Gasteiger partial charge in [-0.2, -0.15) is 26.3 Å². The van der Waals surface area contributed by atoms with Gasteiger partial charge in [0.25, 0.3) is 0 Å². The fraction of sp³-hybridized carbons (Fsp3) is 0.533. The number of hydrogen-bond acceptors (Lipinski definition) is 2. The van der Waals surface area contributed by atoms with Crippen LogP contribution in [0.5, 0.6) is 0 Å². The molecule has 0 N–H and O–H groups in total. The summed E-state index contributed by atoms with van der Waals surface area (Å²) in [5.74, 6) is -2.50. The van der Waals surface area contributed by atoms with E-state index in [9.17, 15) is 35.3 Å². The first-order valence-electron chi connectivity index (χ1n) is 7.50. The fourth-order valence-electron chi connectivity index (χ4n) is 2.57. The highest BCUT2D eigenvalue weighted by atomic mass is 32.2. The number of amidine groups is 1. The summed E-state index contributed by atoms with van der Waals surface area (Å²) < 4.78 is 101. The molecule has 1 aliphatic rings. The lowest BCUT2D eigenvalue weighted by molar-refractivity contribution is -0.137. The van der Waals surface area contributed by atoms with Crippen molar-refractivity contribution < 1.29 is 35.3 Å². The number of hydrogen-bond donors (Lipinski definition) is 0. The average molecular weight is 404 g/mol. The molecule has 1 atom stereocenters. The van der Waals surface area contributed by atoms with E-state index < -0.39 is 47.3 Å². The van der Waals surface area contributed by atoms with Crippen LogP contribution in [0.2, 0.25) is 0 Å². The summed E-state index contributed by atoms with van der Waals surface area (Å²) in [6.45, 7) is 0.153. The van der Waals surface area contributed by atoms with E-state index in [4.69, 9.17) is 0 Å². The van der Waals surface area contributed by atoms with Crippen molar-refractivity contribution in [3.63, 3.8) is 0 Å². The van der Waals surface area contributed by atoms with E-state index in [1.165, 1.54) is 6.92 Å². The summed E-state index contributed by atoms with van der Waals surface area (Å²) in [6.07, 6.45) is -8.55. The standard InChI is InChI=1S/C15H15F7N2OS/c1-9-5-10(16)11(6-12(9)26(25)8-15(20,21)22)23-13-3-2-4-24(13)7-14(17,18)19/h5-6H,2-4,7-8H2,1H3/b23-13-. The lowest BCUT2D eigenvalue weighted by Crippen LogP contribution is -2.35. The van der Waals surface area contributed by atoms with Crippen molar-refractivity contribution >= 4 is 22.7 Å². The lowest BCUT2D eigenvalue weighted by Gasteiger charge is -2.20. The van der Waals surface area contributed by atoms with Gasteiger partial charge in [0.1, 0.15) is 23.9 Å². The summed E-state index contributed by atoms with van der Waals surface area (Å²) in [5.41, 5.74) is -0.377. The number of alkyl halides is 6. The second kappa shape index (κ2) is 7.63. The molecule has 0 radical (unpaired) electrons. The Labute approximate surface area is 148 Å². The van der Waals surface area contributed by atoms with Crippen molar-refractivity contribution in [1.82, 2.24) is 4.90 Å². The van der Waals surface area contributed by atoms with Crippen LogP contribution in [0.3, 0.4) is 0 Å². The highest BCUT2D eigenvalue weighted by Gasteiger charge is 2.37. The zero-order valence-corrected chi connectivity index (χ0v) is 14.4. The molecule has 26 heavy (non-hydrogen) atoms. The Morgan fingerprint density at radius 2 is 1.81 bits per heavy atom. The van der Waals surface area contributed by atoms with Crippen LogP contribution < -0.4 is 0 Å². The molecule has 2 rings (SSSR count). The third-order valence-electron chi connectivity index (χ3n) is 3.60. The van der Waals surface area contributed by atoms with Gasteiger partial charge in [-0.15, -0.1) is 0 Å². The smallest absolute Gasteiger partial charge is 0.433 e. The molecule has 1 aromatic rings. The number of rotatable bonds is 4. The summed E-state index contributed by atoms with van der Waals surface area (Å²) in [6, 6.07) is 1.79. The van der Waals surface area contributed by atoms with Gasteiger partial charge in [0.05, 0.1) is 0 Å². The molecule has 1 fully saturated rings. The molecule has 3 nitrogen and oxygen atoms in total. The number of benzene rings is 1. The molecular formula is C15H15F7N2OS. The maximum Gasteiger partial charge on any atom is 0.433 e. The Balaban J connectivity index is 2.33. The highest BCUT2D eigenvalue weighted by molar-refractivity contribution is 7.91. The Bertz CT molecular complexity index is 688. The predicted molar refractivity (Wildman–Crippen MR) is 82.4 cm³/mol. The topological polar surface area (TPSA) is 38.7 Å². The van der Waals surface area contributed by atoms with Gasteiger partial charge < -0.3 is 9.45 Å². The van der Waals surface area contributed by atoms with E-state index in [1.54, 1.807) is 0 Å². The number of likely N-dealkylation sites (tertiary alicyclic amines) is 1. The predicted octanol–water partition coefficient (Wildman–Crippen LogP) is 4.49. The molecule has 1 saturated heterocycles. The summed E-state index contributed by atoms with van der Waals surface area (Å²) in [5, 5.41) is 0. The number of nitrogens with zero attached hydrogens (tertiary/aromatic N) is 2. The van der Waals surface area contributed by atoms with E-state index in [1.807, 2.05) is 0 Å². The van der Waals surface area contributed by atoms with Gasteiger partial charge in [-0.1, -0.05) is 0 Å². The first-order valence-corrected chi connectivity index (χ1v) is 8.82. The molecule has 0 amide bonds. The van der Waals surface area contributed by atoms with Gasteiger partial charge in [0.2, 0.25) is 5.75 Å². The maximum atomic E-state index is 14.1. The van der Waals surface area contributed by atoms with Gasteiger partial charge in [-0.25, -0.2) is 9.38 Å². The Morgan fingerprint density at radius 3 is 2.38 bits per heavy atom. The molecule has 146 valence electrons. The van der Waals surface area contributed by atoms with Crippen LogP contribution >= 0.6 is 0 Å². The van der Waals surface area contributed by atoms with Gasteiger partial charge in [-0.3, -0.25) is 0 Å². The normalized spacial score (nSPS) is 18.7. The minimum absolute atomic E-state index is 0.00219. The molecular weight excluding hydrogens is 389 g/mol. The van der Waals surface area contributed by atoms with Crippen LogP contribution in [0.15, 0.2) is 22.0 Å². The molecule has 0 saturated carbocycles. The Morgan fingerprint density at radius 1 is 1.15 bits per heavy atom. The van der Waals surface area contributed by atoms with Crippen LogP contribution in [0.4, 0.5) is 36.4 Å². The molecule has 1 unspecified atom stereocenters. The van der Waals surface area contributed by atoms with Crippen LogP contribution in [0.1, 0.15) is 18.4 Å². The van der Waals surface area contributed by atoms with Crippen molar-refractivity contribution in [2.24, 2.45) is 4.99 Å². The third kappa shape index (κ3) is 5.76. The molecule has 1 aliphatic heterocycles. The summed E-state index contributed by atoms with van der Waals surface area (Å²) in [7, 11) is 0. The van der Waals surface area contributed by atoms with E-state index in [0.29, 0.717) is 6.42 Å². The highest BCUT2D eigenvalue weighted by Crippen LogP contribution is 2.31. The lowest BCUT2D eigenvalue weighted by atomic mass is 10.2. The molecule has 0 bridgehead atoms. The zero-order valence-electron chi connectivity index (χ0n) is 13.5. The van der Waals surface area contributed by atoms with Crippen molar-refractivity contribution in [2.75, 3.05) is 18.8 Å². The van der Waals surface area contributed by atoms with Gasteiger partial charge in [-0.05, 0) is 30.6 Å². The van der Waals surface area contributed by atoms with Crippen molar-refractivity contribution in [3.8, 4) is 0 Å². The van der Waals surface area contributed by atoms with E-state index in [-0.39, 0.29) is 29.3 Å². The summed E-state index contributed by atoms with van der Waals surface area (Å²) in [4.78, 5) is 4.56. The molecule has 0 aromatic heterocycles. The monoisotopic (exact) mass is 404 g/mol. The number of aliphatic imine (C=N–C) groups is 1. The first-order chi connectivity index (χ1) is 11.9. The SMILES string of the molecule is Cc1cc(F)c(/N=C2/CCCN2CC(F)(F)F)cc1[S+]([O-])CC(F)(F)F. The number of aryl methyl sites for hydroxylation is 1. The fourth-order valence-corrected chi connectivity index (χ4v) is 3.68. The van der Waals surface area contributed by atoms with Gasteiger partial charge in [0, 0.05) is 24.6 Å². The van der Waals surface area contributed by atoms with Crippen LogP contribution in [-0.2, 0) is 11.2 Å². The van der Waals surface area contributed by atoms with E-state index in [2.05, 4.69) is 4.99 Å². The quantitative estimate of drug-likeness (QED) is 0.548. The second-order valence-corrected chi connectivity index (χ2v) is 7.26.